The summed E-state index contributed by atoms with van der Waals surface area (Å²) in [6, 6.07) is 4.92. The zero-order chi connectivity index (χ0) is 18.2. The van der Waals surface area contributed by atoms with Crippen LogP contribution in [0.15, 0.2) is 29.8 Å². The molecule has 1 aliphatic rings. The Morgan fingerprint density at radius 3 is 2.64 bits per heavy atom. The number of hydrogen-bond donors (Lipinski definition) is 1. The van der Waals surface area contributed by atoms with E-state index in [1.807, 2.05) is 0 Å². The Kier molecular flexibility index (Phi) is 7.79. The van der Waals surface area contributed by atoms with E-state index in [-0.39, 0.29) is 18.2 Å². The van der Waals surface area contributed by atoms with E-state index in [1.165, 1.54) is 18.4 Å². The molecule has 0 bridgehead atoms. The highest BCUT2D eigenvalue weighted by molar-refractivity contribution is 6.36. The van der Waals surface area contributed by atoms with Crippen LogP contribution in [0.1, 0.15) is 45.4 Å². The third-order valence-corrected chi connectivity index (χ3v) is 4.89. The smallest absolute Gasteiger partial charge is 0.226 e. The lowest BCUT2D eigenvalue weighted by atomic mass is 9.97. The maximum Gasteiger partial charge on any atom is 0.226 e. The van der Waals surface area contributed by atoms with Crippen LogP contribution >= 0.6 is 23.2 Å². The average Bonchev–Trinajstić information content (AvgIpc) is 2.58. The second-order valence-electron chi connectivity index (χ2n) is 6.29. The van der Waals surface area contributed by atoms with Crippen LogP contribution in [0.5, 0.6) is 0 Å². The molecular formula is C19H24Cl2N2O2. The van der Waals surface area contributed by atoms with Gasteiger partial charge in [0.15, 0.2) is 0 Å². The highest BCUT2D eigenvalue weighted by Crippen LogP contribution is 2.25. The molecule has 0 spiro atoms. The van der Waals surface area contributed by atoms with Gasteiger partial charge in [0.2, 0.25) is 11.8 Å². The van der Waals surface area contributed by atoms with Gasteiger partial charge in [-0.2, -0.15) is 0 Å². The molecule has 1 aliphatic carbocycles. The summed E-state index contributed by atoms with van der Waals surface area (Å²) in [7, 11) is 0. The number of benzene rings is 1. The number of nitrogens with zero attached hydrogens (tertiary/aromatic N) is 1. The Balaban J connectivity index is 1.82. The first-order valence-electron chi connectivity index (χ1n) is 8.64. The molecular weight excluding hydrogens is 359 g/mol. The molecule has 1 N–H and O–H groups in total. The monoisotopic (exact) mass is 382 g/mol. The van der Waals surface area contributed by atoms with Crippen LogP contribution in [-0.2, 0) is 9.59 Å². The number of halogens is 2. The van der Waals surface area contributed by atoms with E-state index in [0.717, 1.165) is 19.3 Å². The van der Waals surface area contributed by atoms with Crippen LogP contribution < -0.4 is 5.32 Å². The molecule has 0 heterocycles. The summed E-state index contributed by atoms with van der Waals surface area (Å²) in [6.45, 7) is 2.61. The van der Waals surface area contributed by atoms with E-state index in [9.17, 15) is 9.59 Å². The number of rotatable bonds is 7. The van der Waals surface area contributed by atoms with Crippen LogP contribution in [-0.4, -0.2) is 29.8 Å². The number of anilines is 1. The molecule has 0 aliphatic heterocycles. The van der Waals surface area contributed by atoms with Crippen LogP contribution in [0.25, 0.3) is 0 Å². The quantitative estimate of drug-likeness (QED) is 0.669. The Hall–Kier alpha value is -1.52. The Labute approximate surface area is 159 Å². The number of nitrogens with one attached hydrogen (secondary N) is 1. The van der Waals surface area contributed by atoms with E-state index in [2.05, 4.69) is 11.4 Å². The van der Waals surface area contributed by atoms with Gasteiger partial charge in [0.05, 0.1) is 10.7 Å². The van der Waals surface area contributed by atoms with Gasteiger partial charge in [0.1, 0.15) is 0 Å². The van der Waals surface area contributed by atoms with Gasteiger partial charge in [-0.25, -0.2) is 0 Å². The van der Waals surface area contributed by atoms with Gasteiger partial charge in [-0.1, -0.05) is 34.9 Å². The minimum Gasteiger partial charge on any atom is -0.342 e. The zero-order valence-electron chi connectivity index (χ0n) is 14.5. The summed E-state index contributed by atoms with van der Waals surface area (Å²) in [5.41, 5.74) is 1.95. The summed E-state index contributed by atoms with van der Waals surface area (Å²) < 4.78 is 0. The number of carbonyl (C=O) groups excluding carboxylic acids is 2. The van der Waals surface area contributed by atoms with Crippen molar-refractivity contribution in [2.75, 3.05) is 18.4 Å². The molecule has 4 nitrogen and oxygen atoms in total. The van der Waals surface area contributed by atoms with Gasteiger partial charge >= 0.3 is 0 Å². The van der Waals surface area contributed by atoms with E-state index in [4.69, 9.17) is 23.2 Å². The summed E-state index contributed by atoms with van der Waals surface area (Å²) in [5.74, 6) is -0.180. The lowest BCUT2D eigenvalue weighted by Gasteiger charge is -2.22. The van der Waals surface area contributed by atoms with Gasteiger partial charge in [-0.15, -0.1) is 0 Å². The highest BCUT2D eigenvalue weighted by Gasteiger charge is 2.13. The molecule has 0 saturated heterocycles. The second-order valence-corrected chi connectivity index (χ2v) is 7.13. The van der Waals surface area contributed by atoms with Crippen LogP contribution in [0.3, 0.4) is 0 Å². The molecule has 0 fully saturated rings. The molecule has 1 aromatic rings. The standard InChI is InChI=1S/C19H24Cl2N2O2/c1-14(24)23(11-9-15-5-3-2-4-6-15)12-10-19(25)22-18-8-7-16(20)13-17(18)21/h5,7-8,13H,2-4,6,9-12H2,1H3,(H,22,25). The molecule has 25 heavy (non-hydrogen) atoms. The van der Waals surface area contributed by atoms with Crippen molar-refractivity contribution in [2.45, 2.75) is 45.4 Å². The maximum atomic E-state index is 12.1. The van der Waals surface area contributed by atoms with Crippen molar-refractivity contribution >= 4 is 40.7 Å². The molecule has 0 saturated carbocycles. The first kappa shape index (κ1) is 19.8. The lowest BCUT2D eigenvalue weighted by molar-refractivity contribution is -0.129. The third-order valence-electron chi connectivity index (χ3n) is 4.35. The van der Waals surface area contributed by atoms with Crippen molar-refractivity contribution in [1.82, 2.24) is 4.90 Å². The largest absolute Gasteiger partial charge is 0.342 e. The van der Waals surface area contributed by atoms with Gasteiger partial charge < -0.3 is 10.2 Å². The van der Waals surface area contributed by atoms with Gasteiger partial charge in [0, 0.05) is 31.5 Å². The Morgan fingerprint density at radius 1 is 1.20 bits per heavy atom. The average molecular weight is 383 g/mol. The predicted molar refractivity (Wildman–Crippen MR) is 103 cm³/mol. The van der Waals surface area contributed by atoms with Crippen molar-refractivity contribution in [2.24, 2.45) is 0 Å². The third kappa shape index (κ3) is 6.71. The minimum atomic E-state index is -0.174. The van der Waals surface area contributed by atoms with E-state index >= 15 is 0 Å². The fourth-order valence-corrected chi connectivity index (χ4v) is 3.33. The Bertz CT molecular complexity index is 659. The molecule has 2 rings (SSSR count). The van der Waals surface area contributed by atoms with E-state index < -0.39 is 0 Å². The number of allylic oxidation sites excluding steroid dienone is 1. The predicted octanol–water partition coefficient (Wildman–Crippen LogP) is 5.06. The zero-order valence-corrected chi connectivity index (χ0v) is 16.0. The van der Waals surface area contributed by atoms with Crippen molar-refractivity contribution in [3.05, 3.63) is 39.9 Å². The minimum absolute atomic E-state index is 0.00580. The highest BCUT2D eigenvalue weighted by atomic mass is 35.5. The first-order valence-corrected chi connectivity index (χ1v) is 9.39. The van der Waals surface area contributed by atoms with Gasteiger partial charge in [0.25, 0.3) is 0 Å². The first-order chi connectivity index (χ1) is 12.0. The van der Waals surface area contributed by atoms with Crippen molar-refractivity contribution < 1.29 is 9.59 Å². The lowest BCUT2D eigenvalue weighted by Crippen LogP contribution is -2.33. The van der Waals surface area contributed by atoms with E-state index in [1.54, 1.807) is 30.0 Å². The normalized spacial score (nSPS) is 14.0. The van der Waals surface area contributed by atoms with Crippen molar-refractivity contribution in [3.8, 4) is 0 Å². The van der Waals surface area contributed by atoms with E-state index in [0.29, 0.717) is 28.8 Å². The Morgan fingerprint density at radius 2 is 2.00 bits per heavy atom. The number of hydrogen-bond acceptors (Lipinski definition) is 2. The number of amides is 2. The molecule has 0 atom stereocenters. The number of carbonyl (C=O) groups is 2. The molecule has 136 valence electrons. The summed E-state index contributed by atoms with van der Waals surface area (Å²) in [6.07, 6.45) is 8.17. The molecule has 0 unspecified atom stereocenters. The second kappa shape index (κ2) is 9.83. The fourth-order valence-electron chi connectivity index (χ4n) is 2.88. The molecule has 2 amide bonds. The van der Waals surface area contributed by atoms with Gasteiger partial charge in [-0.05, 0) is 50.3 Å². The summed E-state index contributed by atoms with van der Waals surface area (Å²) in [4.78, 5) is 25.7. The fraction of sp³-hybridized carbons (Fsp3) is 0.474. The topological polar surface area (TPSA) is 49.4 Å². The molecule has 0 aromatic heterocycles. The molecule has 1 aromatic carbocycles. The van der Waals surface area contributed by atoms with Crippen molar-refractivity contribution in [1.29, 1.82) is 0 Å². The van der Waals surface area contributed by atoms with Gasteiger partial charge in [-0.3, -0.25) is 9.59 Å². The molecule has 0 radical (unpaired) electrons. The van der Waals surface area contributed by atoms with Crippen LogP contribution in [0, 0.1) is 0 Å². The molecule has 6 heteroatoms. The van der Waals surface area contributed by atoms with Crippen LogP contribution in [0.4, 0.5) is 5.69 Å². The summed E-state index contributed by atoms with van der Waals surface area (Å²) in [5, 5.41) is 3.67. The van der Waals surface area contributed by atoms with Crippen LogP contribution in [0.2, 0.25) is 10.0 Å². The SMILES string of the molecule is CC(=O)N(CCC(=O)Nc1ccc(Cl)cc1Cl)CCC1=CCCCC1. The maximum absolute atomic E-state index is 12.1. The summed E-state index contributed by atoms with van der Waals surface area (Å²) >= 11 is 11.9. The van der Waals surface area contributed by atoms with Crippen molar-refractivity contribution in [3.63, 3.8) is 0 Å².